The molecule has 0 atom stereocenters. The molecule has 0 aliphatic rings. The van der Waals surface area contributed by atoms with Gasteiger partial charge in [-0.05, 0) is 73.3 Å². The summed E-state index contributed by atoms with van der Waals surface area (Å²) in [6.45, 7) is 4.11. The lowest BCUT2D eigenvalue weighted by molar-refractivity contribution is 0.0955. The highest BCUT2D eigenvalue weighted by atomic mass is 32.2. The average molecular weight is 503 g/mol. The maximum atomic E-state index is 13.3. The van der Waals surface area contributed by atoms with Crippen LogP contribution in [0.25, 0.3) is 15.8 Å². The zero-order valence-electron chi connectivity index (χ0n) is 19.1. The Hall–Kier alpha value is -3.82. The summed E-state index contributed by atoms with van der Waals surface area (Å²) in [7, 11) is -3.71. The van der Waals surface area contributed by atoms with Gasteiger partial charge in [0.1, 0.15) is 0 Å². The third kappa shape index (κ3) is 4.60. The number of amides is 1. The molecule has 176 valence electrons. The summed E-state index contributed by atoms with van der Waals surface area (Å²) in [6, 6.07) is 19.0. The fraction of sp³-hybridized carbons (Fsp3) is 0.115. The SMILES string of the molecule is Cc1cc(C)n(-c2cccc(S(=O)(=O)c3ccc(CNC(=O)c4cc5ccncc5s4)cc3)c2)n1. The lowest BCUT2D eigenvalue weighted by atomic mass is 10.2. The number of fused-ring (bicyclic) bond motifs is 1. The molecule has 1 amide bonds. The first-order valence-corrected chi connectivity index (χ1v) is 13.2. The number of aromatic nitrogens is 3. The van der Waals surface area contributed by atoms with E-state index in [0.717, 1.165) is 27.0 Å². The van der Waals surface area contributed by atoms with Crippen LogP contribution >= 0.6 is 11.3 Å². The molecule has 0 saturated heterocycles. The second-order valence-corrected chi connectivity index (χ2v) is 11.2. The predicted molar refractivity (Wildman–Crippen MR) is 136 cm³/mol. The van der Waals surface area contributed by atoms with Crippen LogP contribution in [-0.2, 0) is 16.4 Å². The van der Waals surface area contributed by atoms with Crippen LogP contribution in [-0.4, -0.2) is 29.1 Å². The Kier molecular flexibility index (Phi) is 5.96. The van der Waals surface area contributed by atoms with Gasteiger partial charge in [0.25, 0.3) is 5.91 Å². The second kappa shape index (κ2) is 9.09. The molecule has 2 aromatic carbocycles. The summed E-state index contributed by atoms with van der Waals surface area (Å²) < 4.78 is 29.2. The first kappa shape index (κ1) is 22.9. The monoisotopic (exact) mass is 502 g/mol. The van der Waals surface area contributed by atoms with E-state index in [4.69, 9.17) is 0 Å². The van der Waals surface area contributed by atoms with Gasteiger partial charge in [-0.15, -0.1) is 11.3 Å². The highest BCUT2D eigenvalue weighted by molar-refractivity contribution is 7.91. The highest BCUT2D eigenvalue weighted by Crippen LogP contribution is 2.25. The molecule has 0 unspecified atom stereocenters. The minimum Gasteiger partial charge on any atom is -0.347 e. The van der Waals surface area contributed by atoms with Gasteiger partial charge in [-0.3, -0.25) is 9.78 Å². The van der Waals surface area contributed by atoms with Crippen LogP contribution in [0.15, 0.2) is 88.9 Å². The fourth-order valence-corrected chi connectivity index (χ4v) is 6.11. The number of nitrogens with one attached hydrogen (secondary N) is 1. The van der Waals surface area contributed by atoms with E-state index < -0.39 is 9.84 Å². The zero-order valence-corrected chi connectivity index (χ0v) is 20.7. The van der Waals surface area contributed by atoms with Gasteiger partial charge >= 0.3 is 0 Å². The second-order valence-electron chi connectivity index (χ2n) is 8.19. The molecule has 3 aromatic heterocycles. The van der Waals surface area contributed by atoms with Gasteiger partial charge in [0.15, 0.2) is 0 Å². The summed E-state index contributed by atoms with van der Waals surface area (Å²) in [5, 5.41) is 8.31. The van der Waals surface area contributed by atoms with Gasteiger partial charge in [0.05, 0.1) is 30.7 Å². The molecule has 0 aliphatic heterocycles. The summed E-state index contributed by atoms with van der Waals surface area (Å²) >= 11 is 1.39. The van der Waals surface area contributed by atoms with E-state index in [1.165, 1.54) is 11.3 Å². The third-order valence-electron chi connectivity index (χ3n) is 5.62. The Labute approximate surface area is 207 Å². The number of hydrogen-bond donors (Lipinski definition) is 1. The molecule has 0 saturated carbocycles. The summed E-state index contributed by atoms with van der Waals surface area (Å²) in [6.07, 6.45) is 3.44. The molecule has 0 aliphatic carbocycles. The molecule has 0 bridgehead atoms. The molecule has 5 aromatic rings. The van der Waals surface area contributed by atoms with E-state index in [9.17, 15) is 13.2 Å². The van der Waals surface area contributed by atoms with Crippen molar-refractivity contribution in [1.29, 1.82) is 0 Å². The molecule has 35 heavy (non-hydrogen) atoms. The standard InChI is InChI=1S/C26H22N4O3S2/c1-17-12-18(2)30(29-17)21-4-3-5-23(14-21)35(32,33)22-8-6-19(7-9-22)15-28-26(31)24-13-20-10-11-27-16-25(20)34-24/h3-14,16H,15H2,1-2H3,(H,28,31). The van der Waals surface area contributed by atoms with Crippen LogP contribution in [0, 0.1) is 13.8 Å². The third-order valence-corrected chi connectivity index (χ3v) is 8.47. The van der Waals surface area contributed by atoms with Crippen LogP contribution in [0.5, 0.6) is 0 Å². The molecule has 0 spiro atoms. The maximum absolute atomic E-state index is 13.3. The predicted octanol–water partition coefficient (Wildman–Crippen LogP) is 4.86. The number of pyridine rings is 1. The molecular formula is C26H22N4O3S2. The van der Waals surface area contributed by atoms with Crippen molar-refractivity contribution >= 4 is 37.2 Å². The molecule has 0 fully saturated rings. The number of aryl methyl sites for hydroxylation is 2. The number of nitrogens with zero attached hydrogens (tertiary/aromatic N) is 3. The van der Waals surface area contributed by atoms with Crippen LogP contribution in [0.3, 0.4) is 0 Å². The van der Waals surface area contributed by atoms with Crippen molar-refractivity contribution in [3.63, 3.8) is 0 Å². The van der Waals surface area contributed by atoms with Crippen molar-refractivity contribution in [2.75, 3.05) is 0 Å². The normalized spacial score (nSPS) is 11.6. The molecule has 3 heterocycles. The van der Waals surface area contributed by atoms with Crippen LogP contribution < -0.4 is 5.32 Å². The first-order valence-electron chi connectivity index (χ1n) is 10.9. The maximum Gasteiger partial charge on any atom is 0.261 e. The molecule has 1 N–H and O–H groups in total. The van der Waals surface area contributed by atoms with Crippen LogP contribution in [0.1, 0.15) is 26.6 Å². The number of hydrogen-bond acceptors (Lipinski definition) is 6. The molecule has 5 rings (SSSR count). The highest BCUT2D eigenvalue weighted by Gasteiger charge is 2.19. The number of thiophene rings is 1. The minimum absolute atomic E-state index is 0.177. The number of rotatable bonds is 6. The Morgan fingerprint density at radius 3 is 2.51 bits per heavy atom. The van der Waals surface area contributed by atoms with Gasteiger partial charge < -0.3 is 5.32 Å². The molecular weight excluding hydrogens is 480 g/mol. The van der Waals surface area contributed by atoms with Crippen molar-refractivity contribution in [3.8, 4) is 5.69 Å². The first-order chi connectivity index (χ1) is 16.8. The van der Waals surface area contributed by atoms with E-state index in [0.29, 0.717) is 17.1 Å². The minimum atomic E-state index is -3.71. The van der Waals surface area contributed by atoms with Gasteiger partial charge in [-0.2, -0.15) is 5.10 Å². The Morgan fingerprint density at radius 2 is 1.80 bits per heavy atom. The average Bonchev–Trinajstić information content (AvgIpc) is 3.45. The smallest absolute Gasteiger partial charge is 0.261 e. The number of carbonyl (C=O) groups excluding carboxylic acids is 1. The summed E-state index contributed by atoms with van der Waals surface area (Å²) in [5.74, 6) is -0.177. The summed E-state index contributed by atoms with van der Waals surface area (Å²) in [4.78, 5) is 17.6. The lowest BCUT2D eigenvalue weighted by Gasteiger charge is -2.10. The van der Waals surface area contributed by atoms with E-state index in [-0.39, 0.29) is 15.7 Å². The van der Waals surface area contributed by atoms with Crippen molar-refractivity contribution < 1.29 is 13.2 Å². The Bertz CT molecular complexity index is 1620. The topological polar surface area (TPSA) is 94.0 Å². The molecule has 0 radical (unpaired) electrons. The number of benzene rings is 2. The van der Waals surface area contributed by atoms with Gasteiger partial charge in [-0.1, -0.05) is 18.2 Å². The van der Waals surface area contributed by atoms with Crippen molar-refractivity contribution in [2.45, 2.75) is 30.2 Å². The number of carbonyl (C=O) groups is 1. The largest absolute Gasteiger partial charge is 0.347 e. The van der Waals surface area contributed by atoms with Crippen molar-refractivity contribution in [3.05, 3.63) is 101 Å². The zero-order chi connectivity index (χ0) is 24.6. The van der Waals surface area contributed by atoms with Gasteiger partial charge in [0.2, 0.25) is 9.84 Å². The van der Waals surface area contributed by atoms with Crippen LogP contribution in [0.4, 0.5) is 0 Å². The van der Waals surface area contributed by atoms with Gasteiger partial charge in [-0.25, -0.2) is 13.1 Å². The van der Waals surface area contributed by atoms with Crippen molar-refractivity contribution in [1.82, 2.24) is 20.1 Å². The quantitative estimate of drug-likeness (QED) is 0.358. The van der Waals surface area contributed by atoms with E-state index in [1.54, 1.807) is 59.5 Å². The Morgan fingerprint density at radius 1 is 1.00 bits per heavy atom. The van der Waals surface area contributed by atoms with Crippen LogP contribution in [0.2, 0.25) is 0 Å². The fourth-order valence-electron chi connectivity index (χ4n) is 3.86. The lowest BCUT2D eigenvalue weighted by Crippen LogP contribution is -2.21. The summed E-state index contributed by atoms with van der Waals surface area (Å²) in [5.41, 5.74) is 3.28. The number of sulfone groups is 1. The van der Waals surface area contributed by atoms with E-state index in [2.05, 4.69) is 15.4 Å². The van der Waals surface area contributed by atoms with E-state index in [1.807, 2.05) is 38.1 Å². The Balaban J connectivity index is 1.31. The van der Waals surface area contributed by atoms with Crippen molar-refractivity contribution in [2.24, 2.45) is 0 Å². The molecule has 7 nitrogen and oxygen atoms in total. The van der Waals surface area contributed by atoms with Gasteiger partial charge in [0, 0.05) is 24.6 Å². The van der Waals surface area contributed by atoms with E-state index >= 15 is 0 Å². The molecule has 9 heteroatoms.